The first-order chi connectivity index (χ1) is 12.6. The number of amides is 2. The number of anilines is 1. The van der Waals surface area contributed by atoms with Gasteiger partial charge in [-0.1, -0.05) is 6.07 Å². The zero-order chi connectivity index (χ0) is 18.1. The summed E-state index contributed by atoms with van der Waals surface area (Å²) in [6.07, 6.45) is 3.16. The predicted molar refractivity (Wildman–Crippen MR) is 99.2 cm³/mol. The summed E-state index contributed by atoms with van der Waals surface area (Å²) in [5, 5.41) is 6.45. The van der Waals surface area contributed by atoms with Crippen molar-refractivity contribution in [1.82, 2.24) is 10.2 Å². The van der Waals surface area contributed by atoms with E-state index in [4.69, 9.17) is 4.74 Å². The Morgan fingerprint density at radius 2 is 1.96 bits per heavy atom. The standard InChI is InChI=1S/C20H27N3O3/c1-14-15(19(25)23-9-11-26-12-10-23)3-2-4-17(14)22-18(24)16-13-20(16)5-7-21-8-6-20/h2-4,16,21H,5-13H2,1H3,(H,22,24). The van der Waals surface area contributed by atoms with Gasteiger partial charge in [-0.3, -0.25) is 9.59 Å². The van der Waals surface area contributed by atoms with Crippen LogP contribution >= 0.6 is 0 Å². The molecule has 6 nitrogen and oxygen atoms in total. The van der Waals surface area contributed by atoms with Crippen molar-refractivity contribution in [3.63, 3.8) is 0 Å². The molecular formula is C20H27N3O3. The summed E-state index contributed by atoms with van der Waals surface area (Å²) in [6.45, 7) is 6.33. The number of hydrogen-bond acceptors (Lipinski definition) is 4. The summed E-state index contributed by atoms with van der Waals surface area (Å²) >= 11 is 0. The van der Waals surface area contributed by atoms with Crippen molar-refractivity contribution in [2.24, 2.45) is 11.3 Å². The molecule has 0 aromatic heterocycles. The topological polar surface area (TPSA) is 70.7 Å². The second-order valence-electron chi connectivity index (χ2n) is 7.74. The van der Waals surface area contributed by atoms with Crippen LogP contribution < -0.4 is 10.6 Å². The van der Waals surface area contributed by atoms with E-state index in [2.05, 4.69) is 10.6 Å². The van der Waals surface area contributed by atoms with Crippen LogP contribution in [-0.4, -0.2) is 56.1 Å². The van der Waals surface area contributed by atoms with E-state index in [1.807, 2.05) is 30.0 Å². The summed E-state index contributed by atoms with van der Waals surface area (Å²) < 4.78 is 5.32. The predicted octanol–water partition coefficient (Wildman–Crippen LogP) is 1.80. The van der Waals surface area contributed by atoms with Crippen molar-refractivity contribution < 1.29 is 14.3 Å². The van der Waals surface area contributed by atoms with Crippen molar-refractivity contribution in [1.29, 1.82) is 0 Å². The molecule has 1 unspecified atom stereocenters. The van der Waals surface area contributed by atoms with Gasteiger partial charge < -0.3 is 20.3 Å². The lowest BCUT2D eigenvalue weighted by Gasteiger charge is -2.27. The fourth-order valence-corrected chi connectivity index (χ4v) is 4.36. The number of piperidine rings is 1. The number of nitrogens with one attached hydrogen (secondary N) is 2. The van der Waals surface area contributed by atoms with Crippen molar-refractivity contribution in [2.75, 3.05) is 44.7 Å². The van der Waals surface area contributed by atoms with E-state index in [9.17, 15) is 9.59 Å². The molecule has 1 saturated carbocycles. The molecule has 1 aliphatic carbocycles. The molecule has 2 saturated heterocycles. The van der Waals surface area contributed by atoms with Gasteiger partial charge in [0.25, 0.3) is 5.91 Å². The van der Waals surface area contributed by atoms with Crippen LogP contribution in [0.25, 0.3) is 0 Å². The molecule has 140 valence electrons. The van der Waals surface area contributed by atoms with E-state index in [0.29, 0.717) is 31.9 Å². The molecule has 0 bridgehead atoms. The van der Waals surface area contributed by atoms with E-state index in [0.717, 1.165) is 43.6 Å². The molecule has 2 aliphatic heterocycles. The van der Waals surface area contributed by atoms with Crippen LogP contribution in [0.15, 0.2) is 18.2 Å². The fourth-order valence-electron chi connectivity index (χ4n) is 4.36. The molecule has 3 fully saturated rings. The SMILES string of the molecule is Cc1c(NC(=O)C2CC23CCNCC3)cccc1C(=O)N1CCOCC1. The highest BCUT2D eigenvalue weighted by molar-refractivity contribution is 6.00. The van der Waals surface area contributed by atoms with Gasteiger partial charge >= 0.3 is 0 Å². The summed E-state index contributed by atoms with van der Waals surface area (Å²) in [5.74, 6) is 0.233. The monoisotopic (exact) mass is 357 g/mol. The lowest BCUT2D eigenvalue weighted by Crippen LogP contribution is -2.41. The van der Waals surface area contributed by atoms with Crippen LogP contribution in [0, 0.1) is 18.3 Å². The van der Waals surface area contributed by atoms with Gasteiger partial charge in [0.05, 0.1) is 13.2 Å². The third-order valence-electron chi connectivity index (χ3n) is 6.23. The molecule has 2 heterocycles. The molecule has 6 heteroatoms. The zero-order valence-corrected chi connectivity index (χ0v) is 15.3. The Morgan fingerprint density at radius 1 is 1.23 bits per heavy atom. The number of hydrogen-bond donors (Lipinski definition) is 2. The molecule has 0 radical (unpaired) electrons. The Bertz CT molecular complexity index is 706. The second-order valence-corrected chi connectivity index (χ2v) is 7.74. The zero-order valence-electron chi connectivity index (χ0n) is 15.3. The third-order valence-corrected chi connectivity index (χ3v) is 6.23. The molecule has 1 atom stereocenters. The van der Waals surface area contributed by atoms with Gasteiger partial charge in [0.2, 0.25) is 5.91 Å². The van der Waals surface area contributed by atoms with E-state index in [1.165, 1.54) is 0 Å². The first-order valence-electron chi connectivity index (χ1n) is 9.59. The largest absolute Gasteiger partial charge is 0.378 e. The molecule has 1 spiro atoms. The number of carbonyl (C=O) groups is 2. The minimum absolute atomic E-state index is 0.0168. The molecule has 4 rings (SSSR count). The Morgan fingerprint density at radius 3 is 2.69 bits per heavy atom. The van der Waals surface area contributed by atoms with Gasteiger partial charge in [-0.05, 0) is 62.4 Å². The molecular weight excluding hydrogens is 330 g/mol. The van der Waals surface area contributed by atoms with Crippen LogP contribution in [0.1, 0.15) is 35.2 Å². The van der Waals surface area contributed by atoms with Gasteiger partial charge in [0.1, 0.15) is 0 Å². The Balaban J connectivity index is 1.46. The lowest BCUT2D eigenvalue weighted by atomic mass is 9.91. The summed E-state index contributed by atoms with van der Waals surface area (Å²) in [4.78, 5) is 27.4. The number of morpholine rings is 1. The van der Waals surface area contributed by atoms with Crippen molar-refractivity contribution >= 4 is 17.5 Å². The highest BCUT2D eigenvalue weighted by Crippen LogP contribution is 2.58. The molecule has 1 aromatic carbocycles. The Hall–Kier alpha value is -1.92. The number of rotatable bonds is 3. The smallest absolute Gasteiger partial charge is 0.254 e. The first-order valence-corrected chi connectivity index (χ1v) is 9.59. The minimum Gasteiger partial charge on any atom is -0.378 e. The average molecular weight is 357 g/mol. The van der Waals surface area contributed by atoms with Crippen LogP contribution in [0.5, 0.6) is 0 Å². The molecule has 2 amide bonds. The summed E-state index contributed by atoms with van der Waals surface area (Å²) in [7, 11) is 0. The van der Waals surface area contributed by atoms with E-state index >= 15 is 0 Å². The van der Waals surface area contributed by atoms with Gasteiger partial charge in [0.15, 0.2) is 0 Å². The van der Waals surface area contributed by atoms with Crippen LogP contribution in [-0.2, 0) is 9.53 Å². The quantitative estimate of drug-likeness (QED) is 0.865. The van der Waals surface area contributed by atoms with Gasteiger partial charge in [-0.2, -0.15) is 0 Å². The number of carbonyl (C=O) groups excluding carboxylic acids is 2. The first kappa shape index (κ1) is 17.5. The van der Waals surface area contributed by atoms with Crippen LogP contribution in [0.3, 0.4) is 0 Å². The average Bonchev–Trinajstić information content (AvgIpc) is 3.37. The maximum absolute atomic E-state index is 12.8. The normalized spacial score (nSPS) is 24.3. The number of benzene rings is 1. The number of ether oxygens (including phenoxy) is 1. The molecule has 3 aliphatic rings. The number of nitrogens with zero attached hydrogens (tertiary/aromatic N) is 1. The van der Waals surface area contributed by atoms with Crippen LogP contribution in [0.2, 0.25) is 0 Å². The minimum atomic E-state index is 0.0168. The third kappa shape index (κ3) is 3.23. The lowest BCUT2D eigenvalue weighted by molar-refractivity contribution is -0.118. The molecule has 1 aromatic rings. The van der Waals surface area contributed by atoms with E-state index < -0.39 is 0 Å². The second kappa shape index (κ2) is 7.00. The van der Waals surface area contributed by atoms with Gasteiger partial charge in [-0.25, -0.2) is 0 Å². The Labute approximate surface area is 154 Å². The van der Waals surface area contributed by atoms with Crippen LogP contribution in [0.4, 0.5) is 5.69 Å². The highest BCUT2D eigenvalue weighted by Gasteiger charge is 2.57. The van der Waals surface area contributed by atoms with Gasteiger partial charge in [0, 0.05) is 30.3 Å². The fraction of sp³-hybridized carbons (Fsp3) is 0.600. The van der Waals surface area contributed by atoms with Gasteiger partial charge in [-0.15, -0.1) is 0 Å². The highest BCUT2D eigenvalue weighted by atomic mass is 16.5. The molecule has 2 N–H and O–H groups in total. The van der Waals surface area contributed by atoms with Crippen molar-refractivity contribution in [3.05, 3.63) is 29.3 Å². The molecule has 26 heavy (non-hydrogen) atoms. The maximum Gasteiger partial charge on any atom is 0.254 e. The van der Waals surface area contributed by atoms with E-state index in [-0.39, 0.29) is 23.1 Å². The van der Waals surface area contributed by atoms with E-state index in [1.54, 1.807) is 0 Å². The summed E-state index contributed by atoms with van der Waals surface area (Å²) in [5.41, 5.74) is 2.48. The van der Waals surface area contributed by atoms with Crippen molar-refractivity contribution in [3.8, 4) is 0 Å². The van der Waals surface area contributed by atoms with Crippen molar-refractivity contribution in [2.45, 2.75) is 26.2 Å². The Kier molecular flexibility index (Phi) is 4.71. The maximum atomic E-state index is 12.8. The summed E-state index contributed by atoms with van der Waals surface area (Å²) in [6, 6.07) is 5.58.